The Labute approximate surface area is 252 Å². The molecule has 0 spiro atoms. The number of para-hydroxylation sites is 1. The topological polar surface area (TPSA) is 127 Å². The Balaban J connectivity index is 1.82. The fraction of sp³-hybridized carbons (Fsp3) is 0.581. The van der Waals surface area contributed by atoms with E-state index in [2.05, 4.69) is 15.3 Å². The molecule has 0 radical (unpaired) electrons. The van der Waals surface area contributed by atoms with Gasteiger partial charge in [0.1, 0.15) is 17.3 Å². The maximum Gasteiger partial charge on any atom is 0.407 e. The highest BCUT2D eigenvalue weighted by molar-refractivity contribution is 5.94. The first-order valence-electron chi connectivity index (χ1n) is 14.8. The first-order valence-corrected chi connectivity index (χ1v) is 14.8. The first-order chi connectivity index (χ1) is 20.4. The molecule has 0 saturated carbocycles. The Morgan fingerprint density at radius 3 is 2.58 bits per heavy atom. The van der Waals surface area contributed by atoms with Crippen molar-refractivity contribution in [1.82, 2.24) is 29.8 Å². The van der Waals surface area contributed by atoms with Crippen molar-refractivity contribution in [3.05, 3.63) is 59.8 Å². The quantitative estimate of drug-likeness (QED) is 0.290. The number of benzene rings is 1. The maximum absolute atomic E-state index is 14.9. The van der Waals surface area contributed by atoms with E-state index in [1.165, 1.54) is 22.0 Å². The third-order valence-corrected chi connectivity index (χ3v) is 7.91. The van der Waals surface area contributed by atoms with Crippen LogP contribution in [0.1, 0.15) is 81.7 Å². The molecule has 3 atom stereocenters. The standard InChI is InChI=1S/C31H43FN6O5/c1-20(2)17-36(25-15-21(26-16-33-19-43-26)18-37(30(40)41)28(25)31(3,4)5)29(39)27-24(13-9-10-14-42-6)38(35-34-27)23-12-8-7-11-22(23)32/h7-8,11-12,16,19-21,25,28H,9-10,13-15,17-18H2,1-6H3,(H,40,41)/t21?,25-,28?/m0/s1. The molecule has 11 nitrogen and oxygen atoms in total. The van der Waals surface area contributed by atoms with Crippen molar-refractivity contribution in [2.75, 3.05) is 26.8 Å². The highest BCUT2D eigenvalue weighted by Crippen LogP contribution is 2.41. The zero-order valence-electron chi connectivity index (χ0n) is 25.9. The predicted molar refractivity (Wildman–Crippen MR) is 158 cm³/mol. The zero-order chi connectivity index (χ0) is 31.3. The number of aromatic nitrogens is 4. The zero-order valence-corrected chi connectivity index (χ0v) is 25.9. The molecule has 3 aromatic rings. The second-order valence-corrected chi connectivity index (χ2v) is 12.7. The van der Waals surface area contributed by atoms with Crippen LogP contribution in [-0.2, 0) is 11.2 Å². The van der Waals surface area contributed by atoms with Gasteiger partial charge in [-0.1, -0.05) is 52.0 Å². The van der Waals surface area contributed by atoms with Gasteiger partial charge in [0, 0.05) is 32.7 Å². The Morgan fingerprint density at radius 1 is 1.23 bits per heavy atom. The van der Waals surface area contributed by atoms with E-state index in [-0.39, 0.29) is 35.7 Å². The summed E-state index contributed by atoms with van der Waals surface area (Å²) in [6.07, 6.45) is 4.19. The van der Waals surface area contributed by atoms with Crippen molar-refractivity contribution in [3.63, 3.8) is 0 Å². The summed E-state index contributed by atoms with van der Waals surface area (Å²) in [5.74, 6) is -0.492. The molecule has 0 bridgehead atoms. The van der Waals surface area contributed by atoms with E-state index in [1.807, 2.05) is 34.6 Å². The largest absolute Gasteiger partial charge is 0.465 e. The molecular weight excluding hydrogens is 555 g/mol. The number of piperidine rings is 1. The molecular formula is C31H43FN6O5. The van der Waals surface area contributed by atoms with Gasteiger partial charge in [-0.25, -0.2) is 18.9 Å². The molecule has 3 heterocycles. The molecule has 2 unspecified atom stereocenters. The van der Waals surface area contributed by atoms with Gasteiger partial charge < -0.3 is 24.1 Å². The van der Waals surface area contributed by atoms with Crippen LogP contribution in [0, 0.1) is 17.2 Å². The summed E-state index contributed by atoms with van der Waals surface area (Å²) in [5, 5.41) is 19.0. The maximum atomic E-state index is 14.9. The summed E-state index contributed by atoms with van der Waals surface area (Å²) in [4.78, 5) is 34.6. The van der Waals surface area contributed by atoms with Crippen LogP contribution in [0.2, 0.25) is 0 Å². The van der Waals surface area contributed by atoms with Gasteiger partial charge in [-0.3, -0.25) is 4.79 Å². The van der Waals surface area contributed by atoms with Crippen molar-refractivity contribution in [2.24, 2.45) is 11.3 Å². The summed E-state index contributed by atoms with van der Waals surface area (Å²) in [7, 11) is 1.63. The number of hydrogen-bond acceptors (Lipinski definition) is 7. The number of oxazole rings is 1. The van der Waals surface area contributed by atoms with Gasteiger partial charge in [0.2, 0.25) is 0 Å². The number of carbonyl (C=O) groups excluding carboxylic acids is 1. The lowest BCUT2D eigenvalue weighted by Gasteiger charge is -2.52. The van der Waals surface area contributed by atoms with Gasteiger partial charge in [-0.05, 0) is 49.1 Å². The monoisotopic (exact) mass is 598 g/mol. The highest BCUT2D eigenvalue weighted by Gasteiger charge is 2.49. The van der Waals surface area contributed by atoms with Crippen LogP contribution in [0.3, 0.4) is 0 Å². The van der Waals surface area contributed by atoms with Crippen molar-refractivity contribution in [3.8, 4) is 5.69 Å². The van der Waals surface area contributed by atoms with Crippen molar-refractivity contribution < 1.29 is 28.2 Å². The summed E-state index contributed by atoms with van der Waals surface area (Å²) >= 11 is 0. The minimum absolute atomic E-state index is 0.0697. The van der Waals surface area contributed by atoms with Crippen molar-refractivity contribution in [1.29, 1.82) is 0 Å². The van der Waals surface area contributed by atoms with Crippen LogP contribution in [0.5, 0.6) is 0 Å². The molecule has 2 aromatic heterocycles. The minimum atomic E-state index is -1.06. The van der Waals surface area contributed by atoms with Gasteiger partial charge in [-0.2, -0.15) is 0 Å². The summed E-state index contributed by atoms with van der Waals surface area (Å²) in [6, 6.07) is 5.24. The Kier molecular flexibility index (Phi) is 10.2. The average molecular weight is 599 g/mol. The normalized spacial score (nSPS) is 19.2. The van der Waals surface area contributed by atoms with Gasteiger partial charge >= 0.3 is 6.09 Å². The second-order valence-electron chi connectivity index (χ2n) is 12.7. The number of rotatable bonds is 11. The van der Waals surface area contributed by atoms with E-state index in [4.69, 9.17) is 9.15 Å². The molecule has 234 valence electrons. The number of nitrogens with zero attached hydrogens (tertiary/aromatic N) is 6. The van der Waals surface area contributed by atoms with Crippen LogP contribution in [0.25, 0.3) is 5.69 Å². The number of amides is 2. The number of ether oxygens (including phenoxy) is 1. The lowest BCUT2D eigenvalue weighted by molar-refractivity contribution is -0.0151. The smallest absolute Gasteiger partial charge is 0.407 e. The van der Waals surface area contributed by atoms with E-state index in [0.717, 1.165) is 6.42 Å². The highest BCUT2D eigenvalue weighted by atomic mass is 19.1. The lowest BCUT2D eigenvalue weighted by Crippen LogP contribution is -2.64. The fourth-order valence-electron chi connectivity index (χ4n) is 6.17. The molecule has 1 fully saturated rings. The summed E-state index contributed by atoms with van der Waals surface area (Å²) in [6.45, 7) is 11.1. The average Bonchev–Trinajstić information content (AvgIpc) is 3.63. The van der Waals surface area contributed by atoms with E-state index in [9.17, 15) is 19.1 Å². The second kappa shape index (κ2) is 13.7. The number of halogens is 1. The number of hydrogen-bond donors (Lipinski definition) is 1. The molecule has 1 aliphatic rings. The first kappa shape index (κ1) is 32.1. The molecule has 1 saturated heterocycles. The molecule has 43 heavy (non-hydrogen) atoms. The molecule has 2 amide bonds. The summed E-state index contributed by atoms with van der Waals surface area (Å²) in [5.41, 5.74) is 0.347. The molecule has 12 heteroatoms. The number of methoxy groups -OCH3 is 1. The number of likely N-dealkylation sites (tertiary alicyclic amines) is 1. The van der Waals surface area contributed by atoms with E-state index < -0.39 is 29.4 Å². The van der Waals surface area contributed by atoms with Crippen LogP contribution < -0.4 is 0 Å². The predicted octanol–water partition coefficient (Wildman–Crippen LogP) is 5.41. The van der Waals surface area contributed by atoms with E-state index >= 15 is 0 Å². The third kappa shape index (κ3) is 7.23. The molecule has 0 aliphatic carbocycles. The van der Waals surface area contributed by atoms with Gasteiger partial charge in [0.05, 0.1) is 24.0 Å². The van der Waals surface area contributed by atoms with Crippen molar-refractivity contribution >= 4 is 12.0 Å². The Bertz CT molecular complexity index is 1370. The minimum Gasteiger partial charge on any atom is -0.465 e. The number of carbonyl (C=O) groups is 2. The van der Waals surface area contributed by atoms with Crippen molar-refractivity contribution in [2.45, 2.75) is 78.3 Å². The molecule has 1 N–H and O–H groups in total. The van der Waals surface area contributed by atoms with Crippen LogP contribution in [0.4, 0.5) is 9.18 Å². The van der Waals surface area contributed by atoms with Gasteiger partial charge in [0.15, 0.2) is 12.1 Å². The Hall–Kier alpha value is -3.80. The number of unbranched alkanes of at least 4 members (excludes halogenated alkanes) is 1. The van der Waals surface area contributed by atoms with Crippen LogP contribution >= 0.6 is 0 Å². The SMILES string of the molecule is COCCCCc1c(C(=O)N(CC(C)C)[C@H]2CC(c3cnco3)CN(C(=O)O)C2C(C)(C)C)nnn1-c1ccccc1F. The van der Waals surface area contributed by atoms with Gasteiger partial charge in [-0.15, -0.1) is 5.10 Å². The van der Waals surface area contributed by atoms with E-state index in [1.54, 1.807) is 36.4 Å². The Morgan fingerprint density at radius 2 is 1.98 bits per heavy atom. The third-order valence-electron chi connectivity index (χ3n) is 7.91. The molecule has 1 aliphatic heterocycles. The molecule has 4 rings (SSSR count). The number of carboxylic acid groups (broad SMARTS) is 1. The van der Waals surface area contributed by atoms with Crippen LogP contribution in [0.15, 0.2) is 41.3 Å². The fourth-order valence-corrected chi connectivity index (χ4v) is 6.17. The van der Waals surface area contributed by atoms with Gasteiger partial charge in [0.25, 0.3) is 5.91 Å². The van der Waals surface area contributed by atoms with Crippen LogP contribution in [-0.4, -0.2) is 85.8 Å². The van der Waals surface area contributed by atoms with E-state index in [0.29, 0.717) is 43.9 Å². The lowest BCUT2D eigenvalue weighted by atomic mass is 9.74. The molecule has 1 aromatic carbocycles. The summed E-state index contributed by atoms with van der Waals surface area (Å²) < 4.78 is 27.2.